The van der Waals surface area contributed by atoms with Crippen molar-refractivity contribution in [1.82, 2.24) is 4.98 Å². The van der Waals surface area contributed by atoms with Crippen LogP contribution in [0.5, 0.6) is 17.2 Å². The first-order valence-electron chi connectivity index (χ1n) is 8.25. The van der Waals surface area contributed by atoms with E-state index in [9.17, 15) is 5.11 Å². The van der Waals surface area contributed by atoms with Gasteiger partial charge in [-0.05, 0) is 42.0 Å². The van der Waals surface area contributed by atoms with Gasteiger partial charge in [-0.2, -0.15) is 0 Å². The number of hydrogen-bond acceptors (Lipinski definition) is 5. The van der Waals surface area contributed by atoms with Crippen molar-refractivity contribution in [3.8, 4) is 28.5 Å². The second kappa shape index (κ2) is 8.36. The van der Waals surface area contributed by atoms with Gasteiger partial charge in [0.15, 0.2) is 0 Å². The van der Waals surface area contributed by atoms with Gasteiger partial charge in [-0.3, -0.25) is 0 Å². The van der Waals surface area contributed by atoms with Crippen LogP contribution in [0, 0.1) is 0 Å². The summed E-state index contributed by atoms with van der Waals surface area (Å²) < 4.78 is 16.6. The zero-order valence-corrected chi connectivity index (χ0v) is 14.8. The van der Waals surface area contributed by atoms with E-state index in [-0.39, 0.29) is 6.61 Å². The van der Waals surface area contributed by atoms with Crippen LogP contribution < -0.4 is 14.2 Å². The van der Waals surface area contributed by atoms with Gasteiger partial charge in [0, 0.05) is 5.56 Å². The van der Waals surface area contributed by atoms with Gasteiger partial charge in [0.1, 0.15) is 29.5 Å². The number of ether oxygens (including phenoxy) is 3. The van der Waals surface area contributed by atoms with Crippen LogP contribution in [-0.2, 0) is 13.2 Å². The summed E-state index contributed by atoms with van der Waals surface area (Å²) in [7, 11) is 3.26. The average Bonchev–Trinajstić information content (AvgIpc) is 2.72. The molecular formula is C21H21NO4. The highest BCUT2D eigenvalue weighted by atomic mass is 16.5. The zero-order valence-electron chi connectivity index (χ0n) is 14.8. The molecular weight excluding hydrogens is 330 g/mol. The number of para-hydroxylation sites is 1. The molecule has 26 heavy (non-hydrogen) atoms. The van der Waals surface area contributed by atoms with Crippen LogP contribution in [0.1, 0.15) is 11.3 Å². The lowest BCUT2D eigenvalue weighted by Crippen LogP contribution is -2.01. The Hall–Kier alpha value is -3.05. The van der Waals surface area contributed by atoms with Crippen molar-refractivity contribution in [3.63, 3.8) is 0 Å². The molecule has 0 unspecified atom stereocenters. The van der Waals surface area contributed by atoms with Gasteiger partial charge in [0.2, 0.25) is 0 Å². The number of aromatic nitrogens is 1. The highest BCUT2D eigenvalue weighted by molar-refractivity contribution is 5.72. The van der Waals surface area contributed by atoms with Crippen LogP contribution in [0.15, 0.2) is 60.7 Å². The highest BCUT2D eigenvalue weighted by Crippen LogP contribution is 2.35. The van der Waals surface area contributed by atoms with Gasteiger partial charge in [-0.1, -0.05) is 24.3 Å². The van der Waals surface area contributed by atoms with Gasteiger partial charge in [-0.15, -0.1) is 0 Å². The molecule has 0 spiro atoms. The molecule has 0 saturated heterocycles. The minimum atomic E-state index is -0.138. The number of pyridine rings is 1. The van der Waals surface area contributed by atoms with Crippen molar-refractivity contribution in [1.29, 1.82) is 0 Å². The van der Waals surface area contributed by atoms with Gasteiger partial charge >= 0.3 is 0 Å². The maximum atomic E-state index is 9.44. The Morgan fingerprint density at radius 2 is 1.62 bits per heavy atom. The van der Waals surface area contributed by atoms with Crippen molar-refractivity contribution >= 4 is 0 Å². The molecule has 5 heteroatoms. The lowest BCUT2D eigenvalue weighted by atomic mass is 10.1. The van der Waals surface area contributed by atoms with Gasteiger partial charge < -0.3 is 19.3 Å². The topological polar surface area (TPSA) is 60.8 Å². The van der Waals surface area contributed by atoms with E-state index in [0.717, 1.165) is 16.9 Å². The highest BCUT2D eigenvalue weighted by Gasteiger charge is 2.14. The van der Waals surface area contributed by atoms with Gasteiger partial charge in [0.05, 0.1) is 26.5 Å². The summed E-state index contributed by atoms with van der Waals surface area (Å²) in [5.41, 5.74) is 3.04. The van der Waals surface area contributed by atoms with Crippen molar-refractivity contribution in [2.24, 2.45) is 0 Å². The Bertz CT molecular complexity index is 862. The molecule has 1 aromatic heterocycles. The van der Waals surface area contributed by atoms with Crippen molar-refractivity contribution in [2.45, 2.75) is 13.2 Å². The van der Waals surface area contributed by atoms with E-state index < -0.39 is 0 Å². The third-order valence-electron chi connectivity index (χ3n) is 3.99. The number of hydrogen-bond donors (Lipinski definition) is 1. The number of aliphatic hydroxyl groups excluding tert-OH is 1. The molecule has 0 atom stereocenters. The maximum Gasteiger partial charge on any atom is 0.146 e. The van der Waals surface area contributed by atoms with Crippen LogP contribution in [-0.4, -0.2) is 24.3 Å². The third kappa shape index (κ3) is 3.95. The monoisotopic (exact) mass is 351 g/mol. The van der Waals surface area contributed by atoms with Crippen LogP contribution in [0.3, 0.4) is 0 Å². The standard InChI is InChI=1S/C21H21NO4/c1-24-17-10-7-15(8-11-17)14-26-20-12-9-16(13-23)22-21(20)18-5-3-4-6-19(18)25-2/h3-12,23H,13-14H2,1-2H3. The molecule has 5 nitrogen and oxygen atoms in total. The van der Waals surface area contributed by atoms with E-state index in [0.29, 0.717) is 29.5 Å². The molecule has 0 aliphatic carbocycles. The SMILES string of the molecule is COc1ccc(COc2ccc(CO)nc2-c2ccccc2OC)cc1. The van der Waals surface area contributed by atoms with Crippen molar-refractivity contribution < 1.29 is 19.3 Å². The maximum absolute atomic E-state index is 9.44. The van der Waals surface area contributed by atoms with E-state index >= 15 is 0 Å². The van der Waals surface area contributed by atoms with E-state index in [1.54, 1.807) is 20.3 Å². The molecule has 0 aliphatic heterocycles. The molecule has 3 rings (SSSR count). The molecule has 0 aliphatic rings. The number of nitrogens with zero attached hydrogens (tertiary/aromatic N) is 1. The fourth-order valence-corrected chi connectivity index (χ4v) is 2.61. The van der Waals surface area contributed by atoms with E-state index in [1.807, 2.05) is 54.6 Å². The molecule has 3 aromatic rings. The minimum Gasteiger partial charge on any atom is -0.497 e. The number of benzene rings is 2. The normalized spacial score (nSPS) is 10.4. The number of methoxy groups -OCH3 is 2. The molecule has 0 radical (unpaired) electrons. The summed E-state index contributed by atoms with van der Waals surface area (Å²) in [4.78, 5) is 4.53. The summed E-state index contributed by atoms with van der Waals surface area (Å²) >= 11 is 0. The summed E-state index contributed by atoms with van der Waals surface area (Å²) in [6.07, 6.45) is 0. The first-order chi connectivity index (χ1) is 12.7. The van der Waals surface area contributed by atoms with Gasteiger partial charge in [-0.25, -0.2) is 4.98 Å². The second-order valence-corrected chi connectivity index (χ2v) is 5.64. The van der Waals surface area contributed by atoms with Gasteiger partial charge in [0.25, 0.3) is 0 Å². The van der Waals surface area contributed by atoms with E-state index in [4.69, 9.17) is 14.2 Å². The van der Waals surface area contributed by atoms with Crippen LogP contribution in [0.4, 0.5) is 0 Å². The quantitative estimate of drug-likeness (QED) is 0.701. The van der Waals surface area contributed by atoms with Crippen molar-refractivity contribution in [2.75, 3.05) is 14.2 Å². The summed E-state index contributed by atoms with van der Waals surface area (Å²) in [5, 5.41) is 9.44. The third-order valence-corrected chi connectivity index (χ3v) is 3.99. The largest absolute Gasteiger partial charge is 0.497 e. The Labute approximate surface area is 152 Å². The van der Waals surface area contributed by atoms with Crippen LogP contribution in [0.25, 0.3) is 11.3 Å². The van der Waals surface area contributed by atoms with Crippen molar-refractivity contribution in [3.05, 3.63) is 71.9 Å². The first kappa shape index (κ1) is 17.8. The molecule has 0 amide bonds. The zero-order chi connectivity index (χ0) is 18.4. The number of rotatable bonds is 7. The van der Waals surface area contributed by atoms with E-state index in [1.165, 1.54) is 0 Å². The average molecular weight is 351 g/mol. The van der Waals surface area contributed by atoms with Crippen LogP contribution >= 0.6 is 0 Å². The first-order valence-corrected chi connectivity index (χ1v) is 8.25. The Balaban J connectivity index is 1.91. The second-order valence-electron chi connectivity index (χ2n) is 5.64. The van der Waals surface area contributed by atoms with Crippen LogP contribution in [0.2, 0.25) is 0 Å². The summed E-state index contributed by atoms with van der Waals surface area (Å²) in [6.45, 7) is 0.257. The molecule has 1 heterocycles. The molecule has 0 fully saturated rings. The van der Waals surface area contributed by atoms with E-state index in [2.05, 4.69) is 4.98 Å². The fraction of sp³-hybridized carbons (Fsp3) is 0.190. The smallest absolute Gasteiger partial charge is 0.146 e. The Morgan fingerprint density at radius 1 is 0.846 bits per heavy atom. The summed E-state index contributed by atoms with van der Waals surface area (Å²) in [6, 6.07) is 18.9. The lowest BCUT2D eigenvalue weighted by molar-refractivity contribution is 0.275. The molecule has 0 saturated carbocycles. The Kier molecular flexibility index (Phi) is 5.71. The minimum absolute atomic E-state index is 0.138. The lowest BCUT2D eigenvalue weighted by Gasteiger charge is -2.14. The Morgan fingerprint density at radius 3 is 2.31 bits per heavy atom. The fourth-order valence-electron chi connectivity index (χ4n) is 2.61. The molecule has 1 N–H and O–H groups in total. The predicted octanol–water partition coefficient (Wildman–Crippen LogP) is 3.84. The predicted molar refractivity (Wildman–Crippen MR) is 99.5 cm³/mol. The number of aliphatic hydroxyl groups is 1. The molecule has 0 bridgehead atoms. The summed E-state index contributed by atoms with van der Waals surface area (Å²) in [5.74, 6) is 2.13. The molecule has 2 aromatic carbocycles. The molecule has 134 valence electrons.